The molecule has 0 unspecified atom stereocenters. The van der Waals surface area contributed by atoms with E-state index in [9.17, 15) is 20.3 Å². The number of nitro benzene ring substituents is 1. The third-order valence-electron chi connectivity index (χ3n) is 4.12. The van der Waals surface area contributed by atoms with Crippen molar-refractivity contribution in [2.75, 3.05) is 14.2 Å². The maximum Gasteiger partial charge on any atom is 0.300 e. The van der Waals surface area contributed by atoms with Gasteiger partial charge in [-0.2, -0.15) is 0 Å². The Morgan fingerprint density at radius 2 is 1.52 bits per heavy atom. The van der Waals surface area contributed by atoms with E-state index >= 15 is 0 Å². The molecule has 0 aliphatic rings. The molecule has 3 aromatic carbocycles. The molecule has 0 radical (unpaired) electrons. The maximum absolute atomic E-state index is 11.4. The van der Waals surface area contributed by atoms with E-state index < -0.39 is 4.92 Å². The van der Waals surface area contributed by atoms with Crippen LogP contribution < -0.4 is 9.47 Å². The molecule has 0 atom stereocenters. The fourth-order valence-corrected chi connectivity index (χ4v) is 2.73. The average Bonchev–Trinajstić information content (AvgIpc) is 2.71. The van der Waals surface area contributed by atoms with Crippen molar-refractivity contribution in [2.24, 2.45) is 10.2 Å². The zero-order valence-corrected chi connectivity index (χ0v) is 15.6. The lowest BCUT2D eigenvalue weighted by molar-refractivity contribution is -0.384. The van der Waals surface area contributed by atoms with E-state index in [0.29, 0.717) is 16.8 Å². The summed E-state index contributed by atoms with van der Waals surface area (Å²) in [5.74, 6) is 0.264. The molecular weight excluding hydrogens is 378 g/mol. The second-order valence-corrected chi connectivity index (χ2v) is 5.87. The summed E-state index contributed by atoms with van der Waals surface area (Å²) in [4.78, 5) is 10.8. The molecule has 0 saturated carbocycles. The summed E-state index contributed by atoms with van der Waals surface area (Å²) in [5.41, 5.74) is 1.03. The van der Waals surface area contributed by atoms with E-state index in [1.165, 1.54) is 44.6 Å². The summed E-state index contributed by atoms with van der Waals surface area (Å²) in [6.07, 6.45) is 0. The van der Waals surface area contributed by atoms with Gasteiger partial charge in [0.2, 0.25) is 0 Å². The van der Waals surface area contributed by atoms with Gasteiger partial charge in [0, 0.05) is 23.3 Å². The van der Waals surface area contributed by atoms with Crippen LogP contribution in [0.4, 0.5) is 17.1 Å². The average molecular weight is 395 g/mol. The van der Waals surface area contributed by atoms with Crippen LogP contribution in [0.15, 0.2) is 64.8 Å². The third kappa shape index (κ3) is 4.08. The van der Waals surface area contributed by atoms with Crippen LogP contribution in [0, 0.1) is 10.1 Å². The number of aromatic hydroxyl groups is 2. The first-order chi connectivity index (χ1) is 13.9. The molecule has 9 nitrogen and oxygen atoms in total. The molecule has 2 N–H and O–H groups in total. The number of hydrogen-bond acceptors (Lipinski definition) is 8. The normalized spacial score (nSPS) is 10.8. The van der Waals surface area contributed by atoms with Crippen molar-refractivity contribution >= 4 is 17.1 Å². The number of phenolic OH excluding ortho intramolecular Hbond substituents is 2. The lowest BCUT2D eigenvalue weighted by Gasteiger charge is -2.09. The highest BCUT2D eigenvalue weighted by Crippen LogP contribution is 2.41. The molecule has 0 heterocycles. The molecule has 29 heavy (non-hydrogen) atoms. The van der Waals surface area contributed by atoms with Gasteiger partial charge in [-0.15, -0.1) is 10.2 Å². The van der Waals surface area contributed by atoms with Gasteiger partial charge in [0.15, 0.2) is 17.2 Å². The van der Waals surface area contributed by atoms with E-state index in [0.717, 1.165) is 0 Å². The lowest BCUT2D eigenvalue weighted by Crippen LogP contribution is -1.94. The zero-order chi connectivity index (χ0) is 21.0. The molecule has 9 heteroatoms. The highest BCUT2D eigenvalue weighted by Gasteiger charge is 2.20. The predicted octanol–water partition coefficient (Wildman–Crippen LogP) is 5.11. The molecule has 0 amide bonds. The van der Waals surface area contributed by atoms with Crippen molar-refractivity contribution in [1.82, 2.24) is 0 Å². The summed E-state index contributed by atoms with van der Waals surface area (Å²) >= 11 is 0. The topological polar surface area (TPSA) is 127 Å². The van der Waals surface area contributed by atoms with Gasteiger partial charge in [0.05, 0.1) is 30.9 Å². The molecule has 0 saturated heterocycles. The first-order valence-corrected chi connectivity index (χ1v) is 8.38. The van der Waals surface area contributed by atoms with Crippen LogP contribution >= 0.6 is 0 Å². The van der Waals surface area contributed by atoms with Crippen molar-refractivity contribution in [2.45, 2.75) is 0 Å². The number of azo groups is 1. The van der Waals surface area contributed by atoms with Crippen molar-refractivity contribution in [3.8, 4) is 34.1 Å². The summed E-state index contributed by atoms with van der Waals surface area (Å²) < 4.78 is 10.3. The molecule has 0 aromatic heterocycles. The fraction of sp³-hybridized carbons (Fsp3) is 0.100. The van der Waals surface area contributed by atoms with Crippen molar-refractivity contribution in [3.63, 3.8) is 0 Å². The van der Waals surface area contributed by atoms with E-state index in [2.05, 4.69) is 10.2 Å². The van der Waals surface area contributed by atoms with Gasteiger partial charge in [-0.1, -0.05) is 18.2 Å². The molecule has 0 fully saturated rings. The summed E-state index contributed by atoms with van der Waals surface area (Å²) in [5, 5.41) is 39.2. The smallest absolute Gasteiger partial charge is 0.300 e. The van der Waals surface area contributed by atoms with E-state index in [1.807, 2.05) is 0 Å². The van der Waals surface area contributed by atoms with Crippen LogP contribution in [0.1, 0.15) is 0 Å². The van der Waals surface area contributed by atoms with Gasteiger partial charge in [-0.05, 0) is 18.2 Å². The van der Waals surface area contributed by atoms with E-state index in [4.69, 9.17) is 9.47 Å². The first kappa shape index (κ1) is 19.6. The quantitative estimate of drug-likeness (QED) is 0.339. The molecule has 148 valence electrons. The SMILES string of the molecule is COc1cc(N=Nc2ccccc2-c2ccc(O)cc2O)c([N+](=O)[O-])cc1OC. The number of nitrogens with zero attached hydrogens (tertiary/aromatic N) is 3. The third-order valence-corrected chi connectivity index (χ3v) is 4.12. The minimum absolute atomic E-state index is 0.0163. The second-order valence-electron chi connectivity index (χ2n) is 5.87. The number of benzene rings is 3. The number of phenols is 2. The molecule has 3 rings (SSSR count). The standard InChI is InChI=1S/C20H17N3O6/c1-28-19-10-16(17(23(26)27)11-20(19)29-2)22-21-15-6-4-3-5-13(15)14-8-7-12(24)9-18(14)25/h3-11,24-25H,1-2H3. The Kier molecular flexibility index (Phi) is 5.59. The second kappa shape index (κ2) is 8.26. The number of rotatable bonds is 6. The van der Waals surface area contributed by atoms with E-state index in [1.54, 1.807) is 24.3 Å². The Morgan fingerprint density at radius 1 is 0.862 bits per heavy atom. The summed E-state index contributed by atoms with van der Waals surface area (Å²) in [6, 6.07) is 13.6. The van der Waals surface area contributed by atoms with Gasteiger partial charge in [-0.25, -0.2) is 0 Å². The molecule has 0 spiro atoms. The van der Waals surface area contributed by atoms with Crippen LogP contribution in [0.3, 0.4) is 0 Å². The maximum atomic E-state index is 11.4. The van der Waals surface area contributed by atoms with Gasteiger partial charge >= 0.3 is 5.69 Å². The minimum atomic E-state index is -0.589. The minimum Gasteiger partial charge on any atom is -0.508 e. The van der Waals surface area contributed by atoms with Gasteiger partial charge in [0.1, 0.15) is 11.5 Å². The van der Waals surface area contributed by atoms with Gasteiger partial charge < -0.3 is 19.7 Å². The molecule has 0 aliphatic heterocycles. The van der Waals surface area contributed by atoms with Crippen LogP contribution in [0.5, 0.6) is 23.0 Å². The van der Waals surface area contributed by atoms with Crippen molar-refractivity contribution in [3.05, 3.63) is 64.7 Å². The Labute approximate surface area is 165 Å². The van der Waals surface area contributed by atoms with Crippen molar-refractivity contribution < 1.29 is 24.6 Å². The number of hydrogen-bond donors (Lipinski definition) is 2. The number of nitro groups is 1. The van der Waals surface area contributed by atoms with Crippen molar-refractivity contribution in [1.29, 1.82) is 0 Å². The van der Waals surface area contributed by atoms with Crippen LogP contribution in [-0.4, -0.2) is 29.4 Å². The number of methoxy groups -OCH3 is 2. The number of ether oxygens (including phenoxy) is 2. The highest BCUT2D eigenvalue weighted by atomic mass is 16.6. The Bertz CT molecular complexity index is 1100. The predicted molar refractivity (Wildman–Crippen MR) is 106 cm³/mol. The Hall–Kier alpha value is -4.14. The highest BCUT2D eigenvalue weighted by molar-refractivity contribution is 5.80. The Balaban J connectivity index is 2.09. The molecule has 0 aliphatic carbocycles. The fourth-order valence-electron chi connectivity index (χ4n) is 2.73. The Morgan fingerprint density at radius 3 is 2.17 bits per heavy atom. The van der Waals surface area contributed by atoms with Gasteiger partial charge in [-0.3, -0.25) is 10.1 Å². The summed E-state index contributed by atoms with van der Waals surface area (Å²) in [6.45, 7) is 0. The largest absolute Gasteiger partial charge is 0.508 e. The van der Waals surface area contributed by atoms with Crippen LogP contribution in [0.25, 0.3) is 11.1 Å². The first-order valence-electron chi connectivity index (χ1n) is 8.38. The molecule has 3 aromatic rings. The monoisotopic (exact) mass is 395 g/mol. The van der Waals surface area contributed by atoms with E-state index in [-0.39, 0.29) is 34.4 Å². The molecule has 0 bridgehead atoms. The van der Waals surface area contributed by atoms with Gasteiger partial charge in [0.25, 0.3) is 0 Å². The van der Waals surface area contributed by atoms with Crippen LogP contribution in [-0.2, 0) is 0 Å². The zero-order valence-electron chi connectivity index (χ0n) is 15.6. The lowest BCUT2D eigenvalue weighted by atomic mass is 10.0. The molecular formula is C20H17N3O6. The summed E-state index contributed by atoms with van der Waals surface area (Å²) in [7, 11) is 2.79. The van der Waals surface area contributed by atoms with Crippen LogP contribution in [0.2, 0.25) is 0 Å².